The van der Waals surface area contributed by atoms with Crippen molar-refractivity contribution in [2.24, 2.45) is 0 Å². The minimum atomic E-state index is -6.11. The van der Waals surface area contributed by atoms with Gasteiger partial charge in [-0.25, -0.2) is 0 Å². The van der Waals surface area contributed by atoms with Crippen LogP contribution in [0.3, 0.4) is 0 Å². The Labute approximate surface area is 175 Å². The third-order valence-corrected chi connectivity index (χ3v) is 5.09. The Morgan fingerprint density at radius 2 is 1.42 bits per heavy atom. The molecule has 0 spiro atoms. The molecule has 0 aliphatic heterocycles. The molecular weight excluding hydrogens is 469 g/mol. The molecule has 0 atom stereocenters. The standard InChI is InChI=1S/C17H15F3O9S2/c1-26-15-13(10-4-6-12(7-5-10)28-30(3,22)23)8-11(9-21)14(16(15)27-2)29-31(24,25)17(18,19)20/h4-9H,1-3H3. The summed E-state index contributed by atoms with van der Waals surface area (Å²) in [5, 5.41) is 0. The molecular formula is C17H15F3O9S2. The van der Waals surface area contributed by atoms with Gasteiger partial charge in [-0.3, -0.25) is 4.79 Å². The first-order chi connectivity index (χ1) is 14.2. The van der Waals surface area contributed by atoms with Crippen LogP contribution in [0.25, 0.3) is 11.1 Å². The molecule has 0 fully saturated rings. The molecule has 2 rings (SSSR count). The van der Waals surface area contributed by atoms with Crippen LogP contribution in [-0.4, -0.2) is 49.1 Å². The highest BCUT2D eigenvalue weighted by Gasteiger charge is 2.49. The predicted molar refractivity (Wildman–Crippen MR) is 101 cm³/mol. The van der Waals surface area contributed by atoms with Gasteiger partial charge >= 0.3 is 25.7 Å². The van der Waals surface area contributed by atoms with E-state index in [2.05, 4.69) is 4.18 Å². The number of carbonyl (C=O) groups is 1. The number of hydrogen-bond acceptors (Lipinski definition) is 9. The van der Waals surface area contributed by atoms with E-state index in [9.17, 15) is 34.8 Å². The molecule has 2 aromatic carbocycles. The zero-order valence-electron chi connectivity index (χ0n) is 16.1. The van der Waals surface area contributed by atoms with Gasteiger partial charge in [0.2, 0.25) is 5.75 Å². The van der Waals surface area contributed by atoms with Crippen LogP contribution < -0.4 is 17.8 Å². The van der Waals surface area contributed by atoms with Gasteiger partial charge in [0.05, 0.1) is 26.0 Å². The highest BCUT2D eigenvalue weighted by atomic mass is 32.2. The highest BCUT2D eigenvalue weighted by Crippen LogP contribution is 2.47. The van der Waals surface area contributed by atoms with Gasteiger partial charge in [-0.05, 0) is 23.8 Å². The number of aldehydes is 1. The summed E-state index contributed by atoms with van der Waals surface area (Å²) in [5.74, 6) is -1.85. The molecule has 2 aromatic rings. The fourth-order valence-corrected chi connectivity index (χ4v) is 3.39. The van der Waals surface area contributed by atoms with Crippen LogP contribution in [-0.2, 0) is 20.2 Å². The average molecular weight is 484 g/mol. The van der Waals surface area contributed by atoms with Crippen LogP contribution >= 0.6 is 0 Å². The minimum Gasteiger partial charge on any atom is -0.492 e. The zero-order chi connectivity index (χ0) is 23.6. The van der Waals surface area contributed by atoms with E-state index in [4.69, 9.17) is 13.7 Å². The molecule has 0 saturated carbocycles. The maximum absolute atomic E-state index is 12.7. The Kier molecular flexibility index (Phi) is 6.75. The SMILES string of the molecule is COc1c(-c2ccc(OS(C)(=O)=O)cc2)cc(C=O)c(OS(=O)(=O)C(F)(F)F)c1OC. The number of methoxy groups -OCH3 is 2. The second-order valence-electron chi connectivity index (χ2n) is 5.82. The molecule has 0 radical (unpaired) electrons. The van der Waals surface area contributed by atoms with E-state index in [1.807, 2.05) is 0 Å². The van der Waals surface area contributed by atoms with Crippen LogP contribution in [0.4, 0.5) is 13.2 Å². The van der Waals surface area contributed by atoms with Crippen molar-refractivity contribution in [1.29, 1.82) is 0 Å². The van der Waals surface area contributed by atoms with Gasteiger partial charge in [-0.15, -0.1) is 0 Å². The molecule has 0 heterocycles. The summed E-state index contributed by atoms with van der Waals surface area (Å²) in [6.07, 6.45) is 0.923. The number of alkyl halides is 3. The second-order valence-corrected chi connectivity index (χ2v) is 8.93. The number of benzene rings is 2. The van der Waals surface area contributed by atoms with Gasteiger partial charge in [-0.2, -0.15) is 30.0 Å². The molecule has 31 heavy (non-hydrogen) atoms. The van der Waals surface area contributed by atoms with Crippen molar-refractivity contribution in [3.8, 4) is 34.1 Å². The lowest BCUT2D eigenvalue weighted by Crippen LogP contribution is -2.28. The average Bonchev–Trinajstić information content (AvgIpc) is 2.65. The molecule has 0 bridgehead atoms. The summed E-state index contributed by atoms with van der Waals surface area (Å²) >= 11 is 0. The Hall–Kier alpha value is -3.00. The van der Waals surface area contributed by atoms with E-state index in [1.54, 1.807) is 0 Å². The van der Waals surface area contributed by atoms with Crippen LogP contribution in [0.5, 0.6) is 23.0 Å². The van der Waals surface area contributed by atoms with E-state index < -0.39 is 42.8 Å². The molecule has 0 aliphatic rings. The lowest BCUT2D eigenvalue weighted by molar-refractivity contribution is -0.0500. The number of carbonyl (C=O) groups excluding carboxylic acids is 1. The molecule has 14 heteroatoms. The third-order valence-electron chi connectivity index (χ3n) is 3.64. The summed E-state index contributed by atoms with van der Waals surface area (Å²) < 4.78 is 103. The van der Waals surface area contributed by atoms with Gasteiger partial charge in [-0.1, -0.05) is 12.1 Å². The van der Waals surface area contributed by atoms with E-state index in [-0.39, 0.29) is 23.3 Å². The fraction of sp³-hybridized carbons (Fsp3) is 0.235. The van der Waals surface area contributed by atoms with Crippen molar-refractivity contribution < 1.29 is 52.6 Å². The number of hydrogen-bond donors (Lipinski definition) is 0. The first-order valence-corrected chi connectivity index (χ1v) is 11.2. The maximum atomic E-state index is 12.7. The smallest absolute Gasteiger partial charge is 0.492 e. The predicted octanol–water partition coefficient (Wildman–Crippen LogP) is 2.75. The van der Waals surface area contributed by atoms with Gasteiger partial charge in [0, 0.05) is 5.56 Å². The monoisotopic (exact) mass is 484 g/mol. The van der Waals surface area contributed by atoms with Gasteiger partial charge < -0.3 is 17.8 Å². The molecule has 9 nitrogen and oxygen atoms in total. The van der Waals surface area contributed by atoms with Gasteiger partial charge in [0.1, 0.15) is 5.75 Å². The molecule has 0 amide bonds. The van der Waals surface area contributed by atoms with Crippen molar-refractivity contribution >= 4 is 26.5 Å². The van der Waals surface area contributed by atoms with Crippen molar-refractivity contribution in [3.05, 3.63) is 35.9 Å². The topological polar surface area (TPSA) is 122 Å². The summed E-state index contributed by atoms with van der Waals surface area (Å²) in [6, 6.07) is 6.34. The molecule has 0 unspecified atom stereocenters. The van der Waals surface area contributed by atoms with Crippen LogP contribution in [0, 0.1) is 0 Å². The van der Waals surface area contributed by atoms with Crippen molar-refractivity contribution in [2.45, 2.75) is 5.51 Å². The summed E-state index contributed by atoms with van der Waals surface area (Å²) in [7, 11) is -7.75. The number of rotatable bonds is 8. The van der Waals surface area contributed by atoms with Crippen molar-refractivity contribution in [2.75, 3.05) is 20.5 Å². The Morgan fingerprint density at radius 1 is 0.871 bits per heavy atom. The first kappa shape index (κ1) is 24.3. The molecule has 0 N–H and O–H groups in total. The second kappa shape index (κ2) is 8.63. The van der Waals surface area contributed by atoms with E-state index in [1.165, 1.54) is 24.3 Å². The van der Waals surface area contributed by atoms with Crippen LogP contribution in [0.2, 0.25) is 0 Å². The molecule has 170 valence electrons. The normalized spacial score (nSPS) is 12.2. The quantitative estimate of drug-likeness (QED) is 0.316. The Bertz CT molecular complexity index is 1190. The van der Waals surface area contributed by atoms with E-state index in [0.717, 1.165) is 26.5 Å². The van der Waals surface area contributed by atoms with E-state index in [0.29, 0.717) is 5.56 Å². The zero-order valence-corrected chi connectivity index (χ0v) is 17.7. The number of ether oxygens (including phenoxy) is 2. The van der Waals surface area contributed by atoms with Crippen LogP contribution in [0.1, 0.15) is 10.4 Å². The molecule has 0 aliphatic carbocycles. The maximum Gasteiger partial charge on any atom is 0.534 e. The lowest BCUT2D eigenvalue weighted by Gasteiger charge is -2.19. The molecule has 0 saturated heterocycles. The van der Waals surface area contributed by atoms with Crippen molar-refractivity contribution in [3.63, 3.8) is 0 Å². The lowest BCUT2D eigenvalue weighted by atomic mass is 10.0. The van der Waals surface area contributed by atoms with E-state index >= 15 is 0 Å². The summed E-state index contributed by atoms with van der Waals surface area (Å²) in [6.45, 7) is 0. The Balaban J connectivity index is 2.68. The third kappa shape index (κ3) is 5.38. The van der Waals surface area contributed by atoms with Crippen molar-refractivity contribution in [1.82, 2.24) is 0 Å². The summed E-state index contributed by atoms with van der Waals surface area (Å²) in [4.78, 5) is 11.5. The highest BCUT2D eigenvalue weighted by molar-refractivity contribution is 7.88. The van der Waals surface area contributed by atoms with Crippen LogP contribution in [0.15, 0.2) is 30.3 Å². The largest absolute Gasteiger partial charge is 0.534 e. The van der Waals surface area contributed by atoms with Gasteiger partial charge in [0.25, 0.3) is 0 Å². The minimum absolute atomic E-state index is 0.0241. The number of halogens is 3. The molecule has 0 aromatic heterocycles. The Morgan fingerprint density at radius 3 is 1.84 bits per heavy atom. The summed E-state index contributed by atoms with van der Waals surface area (Å²) in [5.41, 5.74) is -5.90. The fourth-order valence-electron chi connectivity index (χ4n) is 2.44. The van der Waals surface area contributed by atoms with Gasteiger partial charge in [0.15, 0.2) is 17.8 Å². The first-order valence-electron chi connectivity index (χ1n) is 7.99.